The van der Waals surface area contributed by atoms with Crippen molar-refractivity contribution in [3.05, 3.63) is 11.7 Å². The number of ether oxygens (including phenoxy) is 1. The molecule has 3 rings (SSSR count). The maximum Gasteiger partial charge on any atom is 0.243 e. The largest absolute Gasteiger partial charge is 0.392 e. The van der Waals surface area contributed by atoms with Crippen molar-refractivity contribution in [2.24, 2.45) is 0 Å². The fourth-order valence-electron chi connectivity index (χ4n) is 2.45. The quantitative estimate of drug-likeness (QED) is 0.781. The van der Waals surface area contributed by atoms with Gasteiger partial charge in [0.15, 0.2) is 0 Å². The van der Waals surface area contributed by atoms with E-state index in [1.165, 1.54) is 0 Å². The molecule has 3 heterocycles. The number of aliphatic hydroxyl groups is 1. The SMILES string of the molecule is CC1(c2noc([C@H]3C[C@@H](O)CN3)n2)CCCO1. The summed E-state index contributed by atoms with van der Waals surface area (Å²) in [5.74, 6) is 1.17. The number of hydrogen-bond acceptors (Lipinski definition) is 6. The van der Waals surface area contributed by atoms with Crippen LogP contribution in [-0.4, -0.2) is 34.5 Å². The Hall–Kier alpha value is -0.980. The van der Waals surface area contributed by atoms with Crippen LogP contribution < -0.4 is 5.32 Å². The maximum absolute atomic E-state index is 9.45. The average Bonchev–Trinajstić information content (AvgIpc) is 2.96. The van der Waals surface area contributed by atoms with Crippen LogP contribution in [0.4, 0.5) is 0 Å². The van der Waals surface area contributed by atoms with Gasteiger partial charge in [-0.3, -0.25) is 0 Å². The molecule has 1 aromatic heterocycles. The van der Waals surface area contributed by atoms with Crippen molar-refractivity contribution in [3.63, 3.8) is 0 Å². The second kappa shape index (κ2) is 4.04. The van der Waals surface area contributed by atoms with Gasteiger partial charge in [0.05, 0.1) is 12.1 Å². The zero-order chi connectivity index (χ0) is 11.9. The number of β-amino-alcohol motifs (C(OH)–C–C–N with tert-alkyl or cyclic N) is 1. The van der Waals surface area contributed by atoms with E-state index < -0.39 is 5.60 Å². The minimum absolute atomic E-state index is 0.0312. The Labute approximate surface area is 99.3 Å². The van der Waals surface area contributed by atoms with Crippen LogP contribution in [0.5, 0.6) is 0 Å². The summed E-state index contributed by atoms with van der Waals surface area (Å²) in [5.41, 5.74) is -0.404. The van der Waals surface area contributed by atoms with E-state index in [9.17, 15) is 5.11 Å². The summed E-state index contributed by atoms with van der Waals surface area (Å²) in [7, 11) is 0. The fraction of sp³-hybridized carbons (Fsp3) is 0.818. The first-order chi connectivity index (χ1) is 8.17. The molecular weight excluding hydrogens is 222 g/mol. The van der Waals surface area contributed by atoms with Crippen LogP contribution >= 0.6 is 0 Å². The molecule has 94 valence electrons. The molecule has 1 aromatic rings. The first-order valence-electron chi connectivity index (χ1n) is 6.07. The number of nitrogens with zero attached hydrogens (tertiary/aromatic N) is 2. The van der Waals surface area contributed by atoms with E-state index in [0.717, 1.165) is 19.4 Å². The average molecular weight is 239 g/mol. The Bertz CT molecular complexity index is 400. The predicted molar refractivity (Wildman–Crippen MR) is 58.2 cm³/mol. The van der Waals surface area contributed by atoms with Crippen LogP contribution in [-0.2, 0) is 10.3 Å². The van der Waals surface area contributed by atoms with Gasteiger partial charge in [-0.1, -0.05) is 5.16 Å². The summed E-state index contributed by atoms with van der Waals surface area (Å²) in [6.07, 6.45) is 2.25. The van der Waals surface area contributed by atoms with Gasteiger partial charge in [0, 0.05) is 13.2 Å². The minimum atomic E-state index is -0.404. The first kappa shape index (κ1) is 11.1. The zero-order valence-corrected chi connectivity index (χ0v) is 9.85. The van der Waals surface area contributed by atoms with Gasteiger partial charge in [-0.2, -0.15) is 4.98 Å². The van der Waals surface area contributed by atoms with Gasteiger partial charge in [0.2, 0.25) is 11.7 Å². The summed E-state index contributed by atoms with van der Waals surface area (Å²) >= 11 is 0. The summed E-state index contributed by atoms with van der Waals surface area (Å²) in [5, 5.41) is 16.6. The van der Waals surface area contributed by atoms with Crippen LogP contribution in [0.25, 0.3) is 0 Å². The summed E-state index contributed by atoms with van der Waals surface area (Å²) in [6, 6.07) is -0.0312. The molecule has 0 spiro atoms. The van der Waals surface area contributed by atoms with E-state index in [1.54, 1.807) is 0 Å². The van der Waals surface area contributed by atoms with Gasteiger partial charge in [-0.25, -0.2) is 0 Å². The normalized spacial score (nSPS) is 37.8. The molecule has 0 amide bonds. The molecule has 2 fully saturated rings. The van der Waals surface area contributed by atoms with Crippen LogP contribution in [0.1, 0.15) is 43.9 Å². The molecular formula is C11H17N3O3. The molecule has 0 bridgehead atoms. The lowest BCUT2D eigenvalue weighted by Gasteiger charge is -2.17. The summed E-state index contributed by atoms with van der Waals surface area (Å²) < 4.78 is 10.9. The number of rotatable bonds is 2. The summed E-state index contributed by atoms with van der Waals surface area (Å²) in [4.78, 5) is 4.40. The molecule has 0 aromatic carbocycles. The molecule has 2 N–H and O–H groups in total. The van der Waals surface area contributed by atoms with Crippen LogP contribution in [0.2, 0.25) is 0 Å². The molecule has 2 saturated heterocycles. The molecule has 6 heteroatoms. The Morgan fingerprint density at radius 3 is 3.06 bits per heavy atom. The number of hydrogen-bond donors (Lipinski definition) is 2. The molecule has 0 aliphatic carbocycles. The van der Waals surface area contributed by atoms with Gasteiger partial charge in [0.1, 0.15) is 5.60 Å². The van der Waals surface area contributed by atoms with Crippen LogP contribution in [0, 0.1) is 0 Å². The number of aromatic nitrogens is 2. The lowest BCUT2D eigenvalue weighted by molar-refractivity contribution is 0.00768. The second-order valence-electron chi connectivity index (χ2n) is 4.99. The van der Waals surface area contributed by atoms with E-state index in [1.807, 2.05) is 6.92 Å². The Morgan fingerprint density at radius 2 is 2.41 bits per heavy atom. The topological polar surface area (TPSA) is 80.4 Å². The van der Waals surface area contributed by atoms with Gasteiger partial charge in [-0.15, -0.1) is 0 Å². The molecule has 0 saturated carbocycles. The van der Waals surface area contributed by atoms with Crippen molar-refractivity contribution in [1.82, 2.24) is 15.5 Å². The second-order valence-corrected chi connectivity index (χ2v) is 4.99. The third kappa shape index (κ3) is 1.96. The lowest BCUT2D eigenvalue weighted by Crippen LogP contribution is -2.22. The standard InChI is InChI=1S/C11H17N3O3/c1-11(3-2-4-16-11)10-13-9(17-14-10)8-5-7(15)6-12-8/h7-8,12,15H,2-6H2,1H3/t7-,8-,11?/m1/s1. The van der Waals surface area contributed by atoms with Crippen molar-refractivity contribution < 1.29 is 14.4 Å². The first-order valence-corrected chi connectivity index (χ1v) is 6.07. The van der Waals surface area contributed by atoms with E-state index in [4.69, 9.17) is 9.26 Å². The van der Waals surface area contributed by atoms with Gasteiger partial charge >= 0.3 is 0 Å². The molecule has 0 radical (unpaired) electrons. The van der Waals surface area contributed by atoms with E-state index in [2.05, 4.69) is 15.5 Å². The zero-order valence-electron chi connectivity index (χ0n) is 9.85. The van der Waals surface area contributed by atoms with Crippen molar-refractivity contribution in [2.75, 3.05) is 13.2 Å². The van der Waals surface area contributed by atoms with Crippen molar-refractivity contribution in [1.29, 1.82) is 0 Å². The van der Waals surface area contributed by atoms with Crippen LogP contribution in [0.3, 0.4) is 0 Å². The fourth-order valence-corrected chi connectivity index (χ4v) is 2.45. The highest BCUT2D eigenvalue weighted by Crippen LogP contribution is 2.34. The Kier molecular flexibility index (Phi) is 2.65. The molecule has 2 aliphatic rings. The number of aliphatic hydroxyl groups excluding tert-OH is 1. The molecule has 6 nitrogen and oxygen atoms in total. The van der Waals surface area contributed by atoms with E-state index in [-0.39, 0.29) is 12.1 Å². The molecule has 1 unspecified atom stereocenters. The predicted octanol–water partition coefficient (Wildman–Crippen LogP) is 0.490. The monoisotopic (exact) mass is 239 g/mol. The third-order valence-corrected chi connectivity index (χ3v) is 3.54. The number of nitrogens with one attached hydrogen (secondary N) is 1. The third-order valence-electron chi connectivity index (χ3n) is 3.54. The van der Waals surface area contributed by atoms with Gasteiger partial charge in [0.25, 0.3) is 0 Å². The maximum atomic E-state index is 9.45. The Balaban J connectivity index is 1.78. The highest BCUT2D eigenvalue weighted by atomic mass is 16.5. The Morgan fingerprint density at radius 1 is 1.53 bits per heavy atom. The van der Waals surface area contributed by atoms with Gasteiger partial charge in [-0.05, 0) is 26.2 Å². The van der Waals surface area contributed by atoms with Crippen molar-refractivity contribution >= 4 is 0 Å². The molecule has 17 heavy (non-hydrogen) atoms. The highest BCUT2D eigenvalue weighted by Gasteiger charge is 2.38. The summed E-state index contributed by atoms with van der Waals surface area (Å²) in [6.45, 7) is 3.32. The van der Waals surface area contributed by atoms with Crippen molar-refractivity contribution in [3.8, 4) is 0 Å². The van der Waals surface area contributed by atoms with Crippen molar-refractivity contribution in [2.45, 2.75) is 43.9 Å². The lowest BCUT2D eigenvalue weighted by atomic mass is 10.0. The highest BCUT2D eigenvalue weighted by molar-refractivity contribution is 5.04. The van der Waals surface area contributed by atoms with E-state index >= 15 is 0 Å². The van der Waals surface area contributed by atoms with Gasteiger partial charge < -0.3 is 19.7 Å². The minimum Gasteiger partial charge on any atom is -0.392 e. The van der Waals surface area contributed by atoms with Crippen LogP contribution in [0.15, 0.2) is 4.52 Å². The smallest absolute Gasteiger partial charge is 0.243 e. The molecule has 2 aliphatic heterocycles. The van der Waals surface area contributed by atoms with E-state index in [0.29, 0.717) is 24.7 Å². The molecule has 3 atom stereocenters.